The molecule has 0 saturated carbocycles. The van der Waals surface area contributed by atoms with Gasteiger partial charge in [0, 0.05) is 39.5 Å². The van der Waals surface area contributed by atoms with E-state index in [-0.39, 0.29) is 11.8 Å². The van der Waals surface area contributed by atoms with Crippen LogP contribution in [0.2, 0.25) is 0 Å². The molecule has 20 heavy (non-hydrogen) atoms. The molecule has 2 atom stereocenters. The fourth-order valence-electron chi connectivity index (χ4n) is 2.33. The summed E-state index contributed by atoms with van der Waals surface area (Å²) in [7, 11) is 5.64. The fraction of sp³-hybridized carbons (Fsp3) is 0.615. The van der Waals surface area contributed by atoms with Crippen LogP contribution in [0.4, 0.5) is 11.6 Å². The van der Waals surface area contributed by atoms with Gasteiger partial charge in [-0.25, -0.2) is 9.97 Å². The second-order valence-electron chi connectivity index (χ2n) is 5.47. The summed E-state index contributed by atoms with van der Waals surface area (Å²) < 4.78 is 0. The van der Waals surface area contributed by atoms with E-state index in [1.54, 1.807) is 17.3 Å². The number of carbonyl (C=O) groups is 1. The summed E-state index contributed by atoms with van der Waals surface area (Å²) >= 11 is 0. The predicted octanol–water partition coefficient (Wildman–Crippen LogP) is -0.206. The first-order valence-corrected chi connectivity index (χ1v) is 6.61. The van der Waals surface area contributed by atoms with Crippen molar-refractivity contribution < 1.29 is 9.90 Å². The lowest BCUT2D eigenvalue weighted by atomic mass is 10.0. The number of amides is 1. The molecule has 0 aliphatic carbocycles. The van der Waals surface area contributed by atoms with E-state index in [1.807, 2.05) is 26.0 Å². The number of anilines is 2. The van der Waals surface area contributed by atoms with E-state index >= 15 is 0 Å². The number of hydrogen-bond donors (Lipinski definition) is 2. The molecule has 1 aliphatic heterocycles. The van der Waals surface area contributed by atoms with Crippen LogP contribution in [0.15, 0.2) is 12.4 Å². The Balaban J connectivity index is 1.88. The summed E-state index contributed by atoms with van der Waals surface area (Å²) in [5.74, 6) is 0.461. The van der Waals surface area contributed by atoms with Crippen LogP contribution < -0.4 is 10.2 Å². The maximum absolute atomic E-state index is 11.9. The standard InChI is InChI=1S/C13H21N5O2/c1-17(2)13-14-5-10(6-15-13)16-12(20)4-9-7-18(3)8-11(9)19/h5-6,9,11,19H,4,7-8H2,1-3H3,(H,16,20)/t9-,11-/m1/s1. The van der Waals surface area contributed by atoms with Gasteiger partial charge in [0.05, 0.1) is 24.2 Å². The minimum atomic E-state index is -0.432. The van der Waals surface area contributed by atoms with Gasteiger partial charge >= 0.3 is 0 Å². The van der Waals surface area contributed by atoms with Crippen molar-refractivity contribution in [1.29, 1.82) is 0 Å². The highest BCUT2D eigenvalue weighted by atomic mass is 16.3. The zero-order chi connectivity index (χ0) is 14.7. The molecule has 110 valence electrons. The van der Waals surface area contributed by atoms with Gasteiger partial charge in [0.1, 0.15) is 0 Å². The van der Waals surface area contributed by atoms with Crippen LogP contribution in [-0.2, 0) is 4.79 Å². The van der Waals surface area contributed by atoms with Gasteiger partial charge < -0.3 is 20.2 Å². The summed E-state index contributed by atoms with van der Waals surface area (Å²) in [5.41, 5.74) is 0.571. The van der Waals surface area contributed by atoms with Gasteiger partial charge in [0.25, 0.3) is 0 Å². The van der Waals surface area contributed by atoms with Crippen LogP contribution in [0.1, 0.15) is 6.42 Å². The van der Waals surface area contributed by atoms with Gasteiger partial charge in [-0.1, -0.05) is 0 Å². The molecule has 2 N–H and O–H groups in total. The number of rotatable bonds is 4. The number of nitrogens with zero attached hydrogens (tertiary/aromatic N) is 4. The lowest BCUT2D eigenvalue weighted by molar-refractivity contribution is -0.117. The Kier molecular flexibility index (Phi) is 4.51. The summed E-state index contributed by atoms with van der Waals surface area (Å²) in [5, 5.41) is 12.6. The third-order valence-electron chi connectivity index (χ3n) is 3.36. The Morgan fingerprint density at radius 2 is 2.10 bits per heavy atom. The molecule has 2 rings (SSSR count). The molecule has 1 aliphatic rings. The molecule has 0 radical (unpaired) electrons. The van der Waals surface area contributed by atoms with Crippen LogP contribution in [0.25, 0.3) is 0 Å². The summed E-state index contributed by atoms with van der Waals surface area (Å²) in [6.07, 6.45) is 3.04. The van der Waals surface area contributed by atoms with Crippen molar-refractivity contribution in [1.82, 2.24) is 14.9 Å². The van der Waals surface area contributed by atoms with E-state index in [0.29, 0.717) is 24.6 Å². The molecule has 1 aromatic heterocycles. The second-order valence-corrected chi connectivity index (χ2v) is 5.47. The number of likely N-dealkylation sites (tertiary alicyclic amines) is 1. The molecule has 1 aromatic rings. The van der Waals surface area contributed by atoms with E-state index in [1.165, 1.54) is 0 Å². The Labute approximate surface area is 118 Å². The third-order valence-corrected chi connectivity index (χ3v) is 3.36. The van der Waals surface area contributed by atoms with Gasteiger partial charge in [-0.05, 0) is 7.05 Å². The molecule has 0 spiro atoms. The van der Waals surface area contributed by atoms with Crippen LogP contribution in [-0.4, -0.2) is 66.2 Å². The Hall–Kier alpha value is -1.73. The summed E-state index contributed by atoms with van der Waals surface area (Å²) in [6.45, 7) is 1.36. The van der Waals surface area contributed by atoms with Gasteiger partial charge in [-0.15, -0.1) is 0 Å². The lowest BCUT2D eigenvalue weighted by Crippen LogP contribution is -2.24. The van der Waals surface area contributed by atoms with E-state index in [0.717, 1.165) is 6.54 Å². The minimum absolute atomic E-state index is 0.0121. The molecule has 0 bridgehead atoms. The van der Waals surface area contributed by atoms with Crippen LogP contribution in [0.5, 0.6) is 0 Å². The molecular formula is C13H21N5O2. The van der Waals surface area contributed by atoms with Gasteiger partial charge in [0.15, 0.2) is 0 Å². The molecule has 0 unspecified atom stereocenters. The molecular weight excluding hydrogens is 258 g/mol. The van der Waals surface area contributed by atoms with E-state index in [2.05, 4.69) is 15.3 Å². The first-order valence-electron chi connectivity index (χ1n) is 6.61. The number of β-amino-alcohol motifs (C(OH)–C–C–N with tert-alkyl or cyclic N) is 1. The SMILES string of the molecule is CN1C[C@@H](CC(=O)Nc2cnc(N(C)C)nc2)[C@H](O)C1. The number of nitrogens with one attached hydrogen (secondary N) is 1. The smallest absolute Gasteiger partial charge is 0.224 e. The first-order chi connectivity index (χ1) is 9.45. The average Bonchev–Trinajstić information content (AvgIpc) is 2.68. The number of hydrogen-bond acceptors (Lipinski definition) is 6. The molecule has 7 heteroatoms. The highest BCUT2D eigenvalue weighted by Crippen LogP contribution is 2.19. The number of aliphatic hydroxyl groups excluding tert-OH is 1. The van der Waals surface area contributed by atoms with Crippen LogP contribution in [0.3, 0.4) is 0 Å². The van der Waals surface area contributed by atoms with E-state index in [4.69, 9.17) is 0 Å². The van der Waals surface area contributed by atoms with Gasteiger partial charge in [-0.3, -0.25) is 4.79 Å². The number of aromatic nitrogens is 2. The fourth-order valence-corrected chi connectivity index (χ4v) is 2.33. The minimum Gasteiger partial charge on any atom is -0.391 e. The third kappa shape index (κ3) is 3.64. The van der Waals surface area contributed by atoms with Crippen molar-refractivity contribution in [3.05, 3.63) is 12.4 Å². The van der Waals surface area contributed by atoms with Gasteiger partial charge in [-0.2, -0.15) is 0 Å². The maximum atomic E-state index is 11.9. The molecule has 7 nitrogen and oxygen atoms in total. The molecule has 0 aromatic carbocycles. The molecule has 1 fully saturated rings. The van der Waals surface area contributed by atoms with Crippen molar-refractivity contribution in [2.24, 2.45) is 5.92 Å². The maximum Gasteiger partial charge on any atom is 0.224 e. The highest BCUT2D eigenvalue weighted by molar-refractivity contribution is 5.90. The topological polar surface area (TPSA) is 81.6 Å². The van der Waals surface area contributed by atoms with Crippen LogP contribution >= 0.6 is 0 Å². The Bertz CT molecular complexity index is 462. The molecule has 1 saturated heterocycles. The normalized spacial score (nSPS) is 22.8. The monoisotopic (exact) mass is 279 g/mol. The zero-order valence-corrected chi connectivity index (χ0v) is 12.1. The quantitative estimate of drug-likeness (QED) is 0.794. The van der Waals surface area contributed by atoms with Crippen molar-refractivity contribution in [2.45, 2.75) is 12.5 Å². The average molecular weight is 279 g/mol. The van der Waals surface area contributed by atoms with E-state index < -0.39 is 6.10 Å². The number of carbonyl (C=O) groups excluding carboxylic acids is 1. The second kappa shape index (κ2) is 6.15. The van der Waals surface area contributed by atoms with Crippen molar-refractivity contribution in [2.75, 3.05) is 44.4 Å². The predicted molar refractivity (Wildman–Crippen MR) is 76.6 cm³/mol. The lowest BCUT2D eigenvalue weighted by Gasteiger charge is -2.13. The molecule has 2 heterocycles. The molecule has 1 amide bonds. The Morgan fingerprint density at radius 1 is 1.45 bits per heavy atom. The summed E-state index contributed by atoms with van der Waals surface area (Å²) in [4.78, 5) is 24.0. The highest BCUT2D eigenvalue weighted by Gasteiger charge is 2.30. The Morgan fingerprint density at radius 3 is 2.60 bits per heavy atom. The van der Waals surface area contributed by atoms with Crippen molar-refractivity contribution in [3.63, 3.8) is 0 Å². The first kappa shape index (κ1) is 14.7. The largest absolute Gasteiger partial charge is 0.391 e. The van der Waals surface area contributed by atoms with Crippen molar-refractivity contribution in [3.8, 4) is 0 Å². The van der Waals surface area contributed by atoms with E-state index in [9.17, 15) is 9.90 Å². The van der Waals surface area contributed by atoms with Gasteiger partial charge in [0.2, 0.25) is 11.9 Å². The number of likely N-dealkylation sites (N-methyl/N-ethyl adjacent to an activating group) is 1. The summed E-state index contributed by atoms with van der Waals surface area (Å²) in [6, 6.07) is 0. The van der Waals surface area contributed by atoms with Crippen molar-refractivity contribution >= 4 is 17.5 Å². The zero-order valence-electron chi connectivity index (χ0n) is 12.1. The number of aliphatic hydroxyl groups is 1. The van der Waals surface area contributed by atoms with Crippen LogP contribution in [0, 0.1) is 5.92 Å².